The van der Waals surface area contributed by atoms with Gasteiger partial charge >= 0.3 is 0 Å². The van der Waals surface area contributed by atoms with Gasteiger partial charge in [0.25, 0.3) is 11.1 Å². The van der Waals surface area contributed by atoms with Crippen molar-refractivity contribution in [1.29, 1.82) is 0 Å². The third kappa shape index (κ3) is 3.99. The lowest BCUT2D eigenvalue weighted by Crippen LogP contribution is -2.27. The smallest absolute Gasteiger partial charge is 0.298 e. The third-order valence-corrected chi connectivity index (χ3v) is 5.92. The molecule has 0 bridgehead atoms. The van der Waals surface area contributed by atoms with Gasteiger partial charge in [0.2, 0.25) is 0 Å². The summed E-state index contributed by atoms with van der Waals surface area (Å²) in [5, 5.41) is 0.707. The molecule has 146 valence electrons. The first-order valence-electron chi connectivity index (χ1n) is 8.88. The Hall–Kier alpha value is -2.47. The largest absolute Gasteiger partial charge is 0.457 e. The Balaban J connectivity index is 1.61. The predicted molar refractivity (Wildman–Crippen MR) is 118 cm³/mol. The van der Waals surface area contributed by atoms with E-state index in [1.54, 1.807) is 48.5 Å². The third-order valence-electron chi connectivity index (χ3n) is 4.49. The average Bonchev–Trinajstić information content (AvgIpc) is 3.28. The Morgan fingerprint density at radius 2 is 1.79 bits per heavy atom. The SMILES string of the molecule is CCc1ccc(N2C(=O)S/C(=C/c3ccc(-c4cc(Cl)ccc4Cl)o3)C2=O)cc1. The van der Waals surface area contributed by atoms with E-state index >= 15 is 0 Å². The molecule has 0 saturated carbocycles. The van der Waals surface area contributed by atoms with Crippen LogP contribution in [0.2, 0.25) is 10.0 Å². The molecule has 1 fully saturated rings. The molecule has 0 radical (unpaired) electrons. The minimum Gasteiger partial charge on any atom is -0.457 e. The van der Waals surface area contributed by atoms with Gasteiger partial charge in [-0.15, -0.1) is 0 Å². The number of rotatable bonds is 4. The Kier molecular flexibility index (Phi) is 5.54. The van der Waals surface area contributed by atoms with Gasteiger partial charge in [-0.3, -0.25) is 9.59 Å². The minimum atomic E-state index is -0.372. The minimum absolute atomic E-state index is 0.299. The van der Waals surface area contributed by atoms with Crippen LogP contribution in [-0.4, -0.2) is 11.1 Å². The standard InChI is InChI=1S/C22H15Cl2NO3S/c1-2-13-3-6-15(7-4-13)25-21(26)20(29-22(25)27)12-16-8-10-19(28-16)17-11-14(23)5-9-18(17)24/h3-12H,2H2,1H3/b20-12+. The zero-order valence-corrected chi connectivity index (χ0v) is 17.6. The van der Waals surface area contributed by atoms with E-state index in [0.717, 1.165) is 23.7 Å². The summed E-state index contributed by atoms with van der Waals surface area (Å²) in [5.41, 5.74) is 2.35. The van der Waals surface area contributed by atoms with Gasteiger partial charge in [-0.25, -0.2) is 4.90 Å². The van der Waals surface area contributed by atoms with Crippen LogP contribution in [0.25, 0.3) is 17.4 Å². The first-order valence-corrected chi connectivity index (χ1v) is 10.5. The molecular formula is C22H15Cl2NO3S. The number of imide groups is 1. The summed E-state index contributed by atoms with van der Waals surface area (Å²) in [6, 6.07) is 15.9. The molecule has 1 saturated heterocycles. The average molecular weight is 444 g/mol. The van der Waals surface area contributed by atoms with Crippen molar-refractivity contribution in [3.05, 3.63) is 80.9 Å². The van der Waals surface area contributed by atoms with Crippen LogP contribution in [-0.2, 0) is 11.2 Å². The van der Waals surface area contributed by atoms with Crippen LogP contribution in [0.1, 0.15) is 18.2 Å². The summed E-state index contributed by atoms with van der Waals surface area (Å²) in [5.74, 6) is 0.601. The zero-order chi connectivity index (χ0) is 20.5. The molecule has 1 aliphatic rings. The number of benzene rings is 2. The molecule has 0 N–H and O–H groups in total. The number of hydrogen-bond donors (Lipinski definition) is 0. The first kappa shape index (κ1) is 19.8. The fraction of sp³-hybridized carbons (Fsp3) is 0.0909. The van der Waals surface area contributed by atoms with Crippen LogP contribution in [0.3, 0.4) is 0 Å². The number of nitrogens with zero attached hydrogens (tertiary/aromatic N) is 1. The van der Waals surface area contributed by atoms with Crippen molar-refractivity contribution in [1.82, 2.24) is 0 Å². The van der Waals surface area contributed by atoms with Gasteiger partial charge in [0.1, 0.15) is 11.5 Å². The number of amides is 2. The van der Waals surface area contributed by atoms with Crippen molar-refractivity contribution in [3.8, 4) is 11.3 Å². The maximum atomic E-state index is 12.8. The molecule has 0 aliphatic carbocycles. The molecule has 4 nitrogen and oxygen atoms in total. The number of aryl methyl sites for hydroxylation is 1. The Morgan fingerprint density at radius 1 is 1.03 bits per heavy atom. The van der Waals surface area contributed by atoms with Crippen molar-refractivity contribution >= 4 is 57.9 Å². The van der Waals surface area contributed by atoms with Gasteiger partial charge < -0.3 is 4.42 Å². The fourth-order valence-electron chi connectivity index (χ4n) is 2.96. The quantitative estimate of drug-likeness (QED) is 0.405. The highest BCUT2D eigenvalue weighted by Crippen LogP contribution is 2.37. The zero-order valence-electron chi connectivity index (χ0n) is 15.3. The van der Waals surface area contributed by atoms with Gasteiger partial charge in [-0.2, -0.15) is 0 Å². The molecule has 1 aliphatic heterocycles. The topological polar surface area (TPSA) is 50.5 Å². The van der Waals surface area contributed by atoms with Crippen LogP contribution < -0.4 is 4.90 Å². The van der Waals surface area contributed by atoms with Crippen LogP contribution in [0.15, 0.2) is 63.9 Å². The van der Waals surface area contributed by atoms with E-state index in [1.807, 2.05) is 19.1 Å². The van der Waals surface area contributed by atoms with Gasteiger partial charge in [0, 0.05) is 16.7 Å². The highest BCUT2D eigenvalue weighted by molar-refractivity contribution is 8.19. The number of anilines is 1. The lowest BCUT2D eigenvalue weighted by molar-refractivity contribution is -0.113. The molecule has 1 aromatic heterocycles. The molecule has 0 unspecified atom stereocenters. The molecule has 4 rings (SSSR count). The second-order valence-corrected chi connectivity index (χ2v) is 8.20. The summed E-state index contributed by atoms with van der Waals surface area (Å²) >= 11 is 13.1. The van der Waals surface area contributed by atoms with Crippen molar-refractivity contribution < 1.29 is 14.0 Å². The number of halogens is 2. The Morgan fingerprint density at radius 3 is 2.52 bits per heavy atom. The fourth-order valence-corrected chi connectivity index (χ4v) is 4.17. The highest BCUT2D eigenvalue weighted by atomic mass is 35.5. The van der Waals surface area contributed by atoms with E-state index in [9.17, 15) is 9.59 Å². The van der Waals surface area contributed by atoms with Gasteiger partial charge in [0.15, 0.2) is 0 Å². The molecule has 3 aromatic rings. The molecule has 0 spiro atoms. The van der Waals surface area contributed by atoms with E-state index in [-0.39, 0.29) is 11.1 Å². The second-order valence-electron chi connectivity index (χ2n) is 6.36. The van der Waals surface area contributed by atoms with E-state index in [0.29, 0.717) is 37.7 Å². The summed E-state index contributed by atoms with van der Waals surface area (Å²) in [6.45, 7) is 2.05. The summed E-state index contributed by atoms with van der Waals surface area (Å²) in [6.07, 6.45) is 2.45. The van der Waals surface area contributed by atoms with E-state index in [4.69, 9.17) is 27.6 Å². The highest BCUT2D eigenvalue weighted by Gasteiger charge is 2.36. The molecule has 29 heavy (non-hydrogen) atoms. The summed E-state index contributed by atoms with van der Waals surface area (Å²) in [7, 11) is 0. The predicted octanol–water partition coefficient (Wildman–Crippen LogP) is 7.06. The maximum Gasteiger partial charge on any atom is 0.298 e. The molecule has 2 amide bonds. The van der Waals surface area contributed by atoms with Gasteiger partial charge in [-0.1, -0.05) is 42.3 Å². The van der Waals surface area contributed by atoms with Crippen molar-refractivity contribution in [3.63, 3.8) is 0 Å². The molecular weight excluding hydrogens is 429 g/mol. The second kappa shape index (κ2) is 8.11. The molecule has 7 heteroatoms. The van der Waals surface area contributed by atoms with Crippen molar-refractivity contribution in [2.75, 3.05) is 4.90 Å². The van der Waals surface area contributed by atoms with Crippen molar-refractivity contribution in [2.24, 2.45) is 0 Å². The lowest BCUT2D eigenvalue weighted by Gasteiger charge is -2.12. The number of carbonyl (C=O) groups excluding carboxylic acids is 2. The summed E-state index contributed by atoms with van der Waals surface area (Å²) in [4.78, 5) is 26.7. The Bertz CT molecular complexity index is 1140. The summed E-state index contributed by atoms with van der Waals surface area (Å²) < 4.78 is 5.81. The van der Waals surface area contributed by atoms with E-state index < -0.39 is 0 Å². The van der Waals surface area contributed by atoms with E-state index in [1.165, 1.54) is 4.90 Å². The number of carbonyl (C=O) groups is 2. The van der Waals surface area contributed by atoms with Crippen LogP contribution >= 0.6 is 35.0 Å². The van der Waals surface area contributed by atoms with Crippen LogP contribution in [0, 0.1) is 0 Å². The van der Waals surface area contributed by atoms with Gasteiger partial charge in [-0.05, 0) is 66.2 Å². The lowest BCUT2D eigenvalue weighted by atomic mass is 10.1. The Labute approximate surface area is 182 Å². The van der Waals surface area contributed by atoms with Crippen LogP contribution in [0.5, 0.6) is 0 Å². The number of furan rings is 1. The van der Waals surface area contributed by atoms with Crippen LogP contribution in [0.4, 0.5) is 10.5 Å². The molecule has 2 aromatic carbocycles. The molecule has 2 heterocycles. The number of hydrogen-bond acceptors (Lipinski definition) is 4. The van der Waals surface area contributed by atoms with E-state index in [2.05, 4.69) is 0 Å². The first-order chi connectivity index (χ1) is 14.0. The van der Waals surface area contributed by atoms with Crippen molar-refractivity contribution in [2.45, 2.75) is 13.3 Å². The normalized spacial score (nSPS) is 15.6. The monoisotopic (exact) mass is 443 g/mol. The van der Waals surface area contributed by atoms with Gasteiger partial charge in [0.05, 0.1) is 15.6 Å². The maximum absolute atomic E-state index is 12.8. The number of thioether (sulfide) groups is 1. The molecule has 0 atom stereocenters.